The number of hydrogen-bond donors (Lipinski definition) is 2. The van der Waals surface area contributed by atoms with Gasteiger partial charge in [-0.25, -0.2) is 4.98 Å². The molecule has 0 aliphatic carbocycles. The maximum atomic E-state index is 6.18. The third-order valence-electron chi connectivity index (χ3n) is 3.37. The zero-order valence-corrected chi connectivity index (χ0v) is 13.7. The molecule has 20 heavy (non-hydrogen) atoms. The van der Waals surface area contributed by atoms with Gasteiger partial charge in [0.25, 0.3) is 0 Å². The molecule has 1 atom stereocenters. The molecule has 110 valence electrons. The Morgan fingerprint density at radius 2 is 2.05 bits per heavy atom. The molecule has 2 rings (SSSR count). The quantitative estimate of drug-likeness (QED) is 0.831. The van der Waals surface area contributed by atoms with Gasteiger partial charge in [-0.1, -0.05) is 13.8 Å². The molecule has 2 aromatic rings. The summed E-state index contributed by atoms with van der Waals surface area (Å²) in [6.07, 6.45) is 0. The molecule has 0 saturated carbocycles. The first-order valence-corrected chi connectivity index (χ1v) is 7.76. The van der Waals surface area contributed by atoms with Crippen molar-refractivity contribution in [3.8, 4) is 0 Å². The van der Waals surface area contributed by atoms with E-state index in [9.17, 15) is 0 Å². The molecule has 0 fully saturated rings. The smallest absolute Gasteiger partial charge is 0.0907 e. The molecule has 1 aromatic carbocycles. The van der Waals surface area contributed by atoms with Gasteiger partial charge >= 0.3 is 0 Å². The second kappa shape index (κ2) is 5.97. The summed E-state index contributed by atoms with van der Waals surface area (Å²) in [6.45, 7) is 7.45. The topological polar surface area (TPSA) is 54.2 Å². The van der Waals surface area contributed by atoms with Gasteiger partial charge in [0.15, 0.2) is 0 Å². The molecule has 0 aliphatic rings. The highest BCUT2D eigenvalue weighted by Gasteiger charge is 2.16. The Hall–Kier alpha value is -1.33. The number of likely N-dealkylation sites (N-methyl/N-ethyl adjacent to an activating group) is 1. The molecule has 5 heteroatoms. The number of aryl methyl sites for hydroxylation is 1. The molecule has 1 heterocycles. The maximum Gasteiger partial charge on any atom is 0.0907 e. The van der Waals surface area contributed by atoms with Gasteiger partial charge < -0.3 is 16.0 Å². The van der Waals surface area contributed by atoms with Crippen LogP contribution in [0, 0.1) is 12.8 Å². The molecule has 1 unspecified atom stereocenters. The fraction of sp³-hybridized carbons (Fsp3) is 0.533. The molecule has 0 bridgehead atoms. The predicted molar refractivity (Wildman–Crippen MR) is 89.6 cm³/mol. The van der Waals surface area contributed by atoms with E-state index in [1.54, 1.807) is 11.3 Å². The first-order valence-electron chi connectivity index (χ1n) is 6.94. The highest BCUT2D eigenvalue weighted by molar-refractivity contribution is 7.18. The van der Waals surface area contributed by atoms with Gasteiger partial charge in [-0.05, 0) is 39.1 Å². The summed E-state index contributed by atoms with van der Waals surface area (Å²) in [4.78, 5) is 6.73. The van der Waals surface area contributed by atoms with E-state index in [4.69, 9.17) is 5.73 Å². The van der Waals surface area contributed by atoms with Gasteiger partial charge in [-0.2, -0.15) is 0 Å². The van der Waals surface area contributed by atoms with E-state index >= 15 is 0 Å². The summed E-state index contributed by atoms with van der Waals surface area (Å²) in [7, 11) is 4.18. The van der Waals surface area contributed by atoms with Crippen LogP contribution in [0.15, 0.2) is 12.1 Å². The molecule has 0 spiro atoms. The zero-order chi connectivity index (χ0) is 14.9. The Labute approximate surface area is 125 Å². The molecule has 0 amide bonds. The van der Waals surface area contributed by atoms with E-state index in [-0.39, 0.29) is 0 Å². The minimum absolute atomic E-state index is 0.365. The van der Waals surface area contributed by atoms with Crippen LogP contribution in [0.1, 0.15) is 18.9 Å². The molecular formula is C15H24N4S. The first kappa shape index (κ1) is 15.1. The number of nitrogens with two attached hydrogens (primary N) is 1. The van der Waals surface area contributed by atoms with Gasteiger partial charge in [0.2, 0.25) is 0 Å². The fourth-order valence-electron chi connectivity index (χ4n) is 2.25. The Morgan fingerprint density at radius 1 is 1.35 bits per heavy atom. The third kappa shape index (κ3) is 3.41. The fourth-order valence-corrected chi connectivity index (χ4v) is 3.10. The van der Waals surface area contributed by atoms with Crippen LogP contribution in [0.2, 0.25) is 0 Å². The van der Waals surface area contributed by atoms with Gasteiger partial charge in [0, 0.05) is 12.6 Å². The molecule has 4 nitrogen and oxygen atoms in total. The van der Waals surface area contributed by atoms with Crippen LogP contribution in [0.25, 0.3) is 10.2 Å². The van der Waals surface area contributed by atoms with E-state index in [1.807, 2.05) is 13.0 Å². The minimum atomic E-state index is 0.365. The molecular weight excluding hydrogens is 268 g/mol. The number of benzene rings is 1. The van der Waals surface area contributed by atoms with Crippen LogP contribution in [0.5, 0.6) is 0 Å². The van der Waals surface area contributed by atoms with Gasteiger partial charge in [0.05, 0.1) is 26.6 Å². The van der Waals surface area contributed by atoms with Gasteiger partial charge in [-0.3, -0.25) is 0 Å². The largest absolute Gasteiger partial charge is 0.397 e. The average Bonchev–Trinajstić information content (AvgIpc) is 2.67. The number of anilines is 2. The van der Waals surface area contributed by atoms with Crippen molar-refractivity contribution >= 4 is 32.9 Å². The van der Waals surface area contributed by atoms with E-state index in [2.05, 4.69) is 49.2 Å². The average molecular weight is 292 g/mol. The standard InChI is InChI=1S/C15H24N4S/c1-9(2)14(8-19(4)5)18-12-7-13-15(6-11(12)16)20-10(3)17-13/h6-7,9,14,18H,8,16H2,1-5H3. The van der Waals surface area contributed by atoms with E-state index in [0.29, 0.717) is 12.0 Å². The second-order valence-electron chi connectivity index (χ2n) is 5.90. The zero-order valence-electron chi connectivity index (χ0n) is 12.9. The number of aromatic nitrogens is 1. The van der Waals surface area contributed by atoms with Gasteiger partial charge in [0.1, 0.15) is 0 Å². The first-order chi connectivity index (χ1) is 9.36. The molecule has 0 saturated heterocycles. The number of fused-ring (bicyclic) bond motifs is 1. The molecule has 1 aromatic heterocycles. The number of rotatable bonds is 5. The molecule has 0 radical (unpaired) electrons. The Balaban J connectivity index is 2.28. The Morgan fingerprint density at radius 3 is 2.65 bits per heavy atom. The summed E-state index contributed by atoms with van der Waals surface area (Å²) in [5, 5.41) is 4.65. The second-order valence-corrected chi connectivity index (χ2v) is 7.13. The van der Waals surface area contributed by atoms with Crippen molar-refractivity contribution in [1.82, 2.24) is 9.88 Å². The lowest BCUT2D eigenvalue weighted by Crippen LogP contribution is -2.36. The van der Waals surface area contributed by atoms with E-state index in [1.165, 1.54) is 0 Å². The van der Waals surface area contributed by atoms with Crippen LogP contribution in [-0.2, 0) is 0 Å². The minimum Gasteiger partial charge on any atom is -0.397 e. The van der Waals surface area contributed by atoms with Crippen molar-refractivity contribution in [2.75, 3.05) is 31.7 Å². The highest BCUT2D eigenvalue weighted by Crippen LogP contribution is 2.30. The highest BCUT2D eigenvalue weighted by atomic mass is 32.1. The van der Waals surface area contributed by atoms with Crippen molar-refractivity contribution < 1.29 is 0 Å². The van der Waals surface area contributed by atoms with E-state index in [0.717, 1.165) is 33.1 Å². The number of thiazole rings is 1. The SMILES string of the molecule is Cc1nc2cc(NC(CN(C)C)C(C)C)c(N)cc2s1. The monoisotopic (exact) mass is 292 g/mol. The Bertz CT molecular complexity index is 589. The summed E-state index contributed by atoms with van der Waals surface area (Å²) in [5.74, 6) is 0.532. The summed E-state index contributed by atoms with van der Waals surface area (Å²) in [6, 6.07) is 4.46. The third-order valence-corrected chi connectivity index (χ3v) is 4.31. The normalized spacial score (nSPS) is 13.3. The number of nitrogen functional groups attached to an aromatic ring is 1. The van der Waals surface area contributed by atoms with Crippen molar-refractivity contribution in [3.05, 3.63) is 17.1 Å². The Kier molecular flexibility index (Phi) is 4.50. The lowest BCUT2D eigenvalue weighted by molar-refractivity contribution is 0.344. The molecule has 0 aliphatic heterocycles. The maximum absolute atomic E-state index is 6.18. The van der Waals surface area contributed by atoms with Crippen molar-refractivity contribution in [1.29, 1.82) is 0 Å². The lowest BCUT2D eigenvalue weighted by atomic mass is 10.0. The van der Waals surface area contributed by atoms with Gasteiger partial charge in [-0.15, -0.1) is 11.3 Å². The predicted octanol–water partition coefficient (Wildman–Crippen LogP) is 3.19. The number of nitrogens with zero attached hydrogens (tertiary/aromatic N) is 2. The van der Waals surface area contributed by atoms with Crippen LogP contribution in [0.4, 0.5) is 11.4 Å². The molecule has 3 N–H and O–H groups in total. The number of nitrogens with one attached hydrogen (secondary N) is 1. The van der Waals surface area contributed by atoms with Crippen LogP contribution in [-0.4, -0.2) is 36.6 Å². The number of hydrogen-bond acceptors (Lipinski definition) is 5. The van der Waals surface area contributed by atoms with Crippen molar-refractivity contribution in [2.24, 2.45) is 5.92 Å². The van der Waals surface area contributed by atoms with E-state index < -0.39 is 0 Å². The van der Waals surface area contributed by atoms with Crippen LogP contribution < -0.4 is 11.1 Å². The summed E-state index contributed by atoms with van der Waals surface area (Å²) < 4.78 is 1.15. The van der Waals surface area contributed by atoms with Crippen LogP contribution >= 0.6 is 11.3 Å². The summed E-state index contributed by atoms with van der Waals surface area (Å²) >= 11 is 1.68. The summed E-state index contributed by atoms with van der Waals surface area (Å²) in [5.41, 5.74) is 8.99. The van der Waals surface area contributed by atoms with Crippen molar-refractivity contribution in [3.63, 3.8) is 0 Å². The van der Waals surface area contributed by atoms with Crippen LogP contribution in [0.3, 0.4) is 0 Å². The van der Waals surface area contributed by atoms with Crippen molar-refractivity contribution in [2.45, 2.75) is 26.8 Å². The lowest BCUT2D eigenvalue weighted by Gasteiger charge is -2.27.